The maximum Gasteiger partial charge on any atom is 0.338 e. The van der Waals surface area contributed by atoms with Crippen LogP contribution >= 0.6 is 11.3 Å². The lowest BCUT2D eigenvalue weighted by Crippen LogP contribution is -2.14. The average Bonchev–Trinajstić information content (AvgIpc) is 3.09. The van der Waals surface area contributed by atoms with Crippen LogP contribution in [0.15, 0.2) is 53.9 Å². The number of rotatable bonds is 6. The van der Waals surface area contributed by atoms with Crippen molar-refractivity contribution in [2.75, 3.05) is 5.32 Å². The highest BCUT2D eigenvalue weighted by Crippen LogP contribution is 2.14. The summed E-state index contributed by atoms with van der Waals surface area (Å²) in [6, 6.07) is 12.7. The van der Waals surface area contributed by atoms with E-state index in [0.29, 0.717) is 10.7 Å². The highest BCUT2D eigenvalue weighted by molar-refractivity contribution is 7.09. The SMILES string of the molecule is Cc1ccc(NC(=O)Cc2nc(COC(=O)c3ccc(F)cc3)cs2)cc1. The van der Waals surface area contributed by atoms with Crippen molar-refractivity contribution in [2.24, 2.45) is 0 Å². The number of nitrogens with zero attached hydrogens (tertiary/aromatic N) is 1. The van der Waals surface area contributed by atoms with Gasteiger partial charge < -0.3 is 10.1 Å². The van der Waals surface area contributed by atoms with Gasteiger partial charge in [0, 0.05) is 11.1 Å². The molecule has 0 unspecified atom stereocenters. The predicted octanol–water partition coefficient (Wildman–Crippen LogP) is 4.13. The van der Waals surface area contributed by atoms with Gasteiger partial charge in [0.1, 0.15) is 17.4 Å². The highest BCUT2D eigenvalue weighted by Gasteiger charge is 2.11. The Morgan fingerprint density at radius 1 is 1.11 bits per heavy atom. The zero-order chi connectivity index (χ0) is 19.2. The minimum absolute atomic E-state index is 0.00765. The quantitative estimate of drug-likeness (QED) is 0.649. The topological polar surface area (TPSA) is 68.3 Å². The van der Waals surface area contributed by atoms with Gasteiger partial charge in [0.25, 0.3) is 0 Å². The van der Waals surface area contributed by atoms with Crippen LogP contribution in [0.5, 0.6) is 0 Å². The number of hydrogen-bond acceptors (Lipinski definition) is 5. The summed E-state index contributed by atoms with van der Waals surface area (Å²) < 4.78 is 18.0. The fraction of sp³-hybridized carbons (Fsp3) is 0.150. The number of hydrogen-bond donors (Lipinski definition) is 1. The zero-order valence-electron chi connectivity index (χ0n) is 14.6. The van der Waals surface area contributed by atoms with Crippen molar-refractivity contribution in [1.82, 2.24) is 4.98 Å². The highest BCUT2D eigenvalue weighted by atomic mass is 32.1. The molecule has 0 saturated heterocycles. The van der Waals surface area contributed by atoms with Crippen LogP contribution in [-0.2, 0) is 22.6 Å². The van der Waals surface area contributed by atoms with Crippen LogP contribution in [-0.4, -0.2) is 16.9 Å². The molecule has 27 heavy (non-hydrogen) atoms. The first kappa shape index (κ1) is 18.7. The van der Waals surface area contributed by atoms with Gasteiger partial charge in [0.05, 0.1) is 17.7 Å². The molecule has 0 spiro atoms. The Labute approximate surface area is 159 Å². The van der Waals surface area contributed by atoms with E-state index in [-0.39, 0.29) is 24.5 Å². The van der Waals surface area contributed by atoms with Crippen molar-refractivity contribution in [3.05, 3.63) is 81.6 Å². The standard InChI is InChI=1S/C20H17FN2O3S/c1-13-2-8-16(9-3-13)22-18(24)10-19-23-17(12-27-19)11-26-20(25)14-4-6-15(21)7-5-14/h2-9,12H,10-11H2,1H3,(H,22,24). The van der Waals surface area contributed by atoms with E-state index in [1.54, 1.807) is 5.38 Å². The lowest BCUT2D eigenvalue weighted by atomic mass is 10.2. The lowest BCUT2D eigenvalue weighted by Gasteiger charge is -2.04. The average molecular weight is 384 g/mol. The summed E-state index contributed by atoms with van der Waals surface area (Å²) in [5, 5.41) is 5.19. The Kier molecular flexibility index (Phi) is 5.93. The number of aromatic nitrogens is 1. The van der Waals surface area contributed by atoms with E-state index in [1.165, 1.54) is 35.6 Å². The number of nitrogens with one attached hydrogen (secondary N) is 1. The van der Waals surface area contributed by atoms with E-state index in [9.17, 15) is 14.0 Å². The fourth-order valence-corrected chi connectivity index (χ4v) is 3.06. The van der Waals surface area contributed by atoms with Crippen LogP contribution in [0.3, 0.4) is 0 Å². The van der Waals surface area contributed by atoms with E-state index >= 15 is 0 Å². The maximum atomic E-state index is 12.9. The van der Waals surface area contributed by atoms with Crippen molar-refractivity contribution in [3.8, 4) is 0 Å². The van der Waals surface area contributed by atoms with Crippen LogP contribution in [0.4, 0.5) is 10.1 Å². The van der Waals surface area contributed by atoms with Gasteiger partial charge in [-0.3, -0.25) is 4.79 Å². The van der Waals surface area contributed by atoms with Gasteiger partial charge in [-0.25, -0.2) is 14.2 Å². The van der Waals surface area contributed by atoms with Gasteiger partial charge in [-0.15, -0.1) is 11.3 Å². The van der Waals surface area contributed by atoms with Crippen LogP contribution in [0.2, 0.25) is 0 Å². The van der Waals surface area contributed by atoms with Crippen molar-refractivity contribution in [3.63, 3.8) is 0 Å². The third-order valence-corrected chi connectivity index (χ3v) is 4.58. The molecular formula is C20H17FN2O3S. The summed E-state index contributed by atoms with van der Waals surface area (Å²) in [4.78, 5) is 28.3. The number of thiazole rings is 1. The molecule has 0 bridgehead atoms. The second kappa shape index (κ2) is 8.55. The van der Waals surface area contributed by atoms with Crippen LogP contribution < -0.4 is 5.32 Å². The van der Waals surface area contributed by atoms with Crippen LogP contribution in [0, 0.1) is 12.7 Å². The molecule has 0 radical (unpaired) electrons. The van der Waals surface area contributed by atoms with Crippen molar-refractivity contribution in [1.29, 1.82) is 0 Å². The number of benzene rings is 2. The van der Waals surface area contributed by atoms with Crippen molar-refractivity contribution in [2.45, 2.75) is 20.0 Å². The van der Waals surface area contributed by atoms with Crippen LogP contribution in [0.1, 0.15) is 26.6 Å². The summed E-state index contributed by atoms with van der Waals surface area (Å²) in [7, 11) is 0. The summed E-state index contributed by atoms with van der Waals surface area (Å²) >= 11 is 1.33. The zero-order valence-corrected chi connectivity index (χ0v) is 15.4. The minimum atomic E-state index is -0.554. The van der Waals surface area contributed by atoms with E-state index in [2.05, 4.69) is 10.3 Å². The molecule has 0 aliphatic rings. The summed E-state index contributed by atoms with van der Waals surface area (Å²) in [6.45, 7) is 1.97. The molecule has 7 heteroatoms. The van der Waals surface area contributed by atoms with Gasteiger partial charge in [-0.1, -0.05) is 17.7 Å². The largest absolute Gasteiger partial charge is 0.456 e. The molecule has 5 nitrogen and oxygen atoms in total. The first-order chi connectivity index (χ1) is 13.0. The molecule has 1 amide bonds. The fourth-order valence-electron chi connectivity index (χ4n) is 2.28. The molecule has 0 atom stereocenters. The number of ether oxygens (including phenoxy) is 1. The molecule has 1 N–H and O–H groups in total. The molecule has 0 fully saturated rings. The number of anilines is 1. The third-order valence-electron chi connectivity index (χ3n) is 3.68. The van der Waals surface area contributed by atoms with Gasteiger partial charge in [0.2, 0.25) is 5.91 Å². The van der Waals surface area contributed by atoms with Gasteiger partial charge in [0.15, 0.2) is 0 Å². The number of carbonyl (C=O) groups is 2. The molecule has 2 aromatic carbocycles. The Balaban J connectivity index is 1.50. The molecule has 0 aliphatic carbocycles. The number of amides is 1. The van der Waals surface area contributed by atoms with E-state index in [4.69, 9.17) is 4.74 Å². The minimum Gasteiger partial charge on any atom is -0.456 e. The third kappa shape index (κ3) is 5.46. The molecule has 3 rings (SSSR count). The molecule has 0 saturated carbocycles. The first-order valence-corrected chi connectivity index (χ1v) is 9.10. The Morgan fingerprint density at radius 2 is 1.81 bits per heavy atom. The second-order valence-corrected chi connectivity index (χ2v) is 6.85. The smallest absolute Gasteiger partial charge is 0.338 e. The van der Waals surface area contributed by atoms with Crippen molar-refractivity contribution < 1.29 is 18.7 Å². The molecule has 1 heterocycles. The summed E-state index contributed by atoms with van der Waals surface area (Å²) in [6.07, 6.45) is 0.143. The number of aryl methyl sites for hydroxylation is 1. The molecule has 3 aromatic rings. The van der Waals surface area contributed by atoms with Gasteiger partial charge in [-0.2, -0.15) is 0 Å². The van der Waals surface area contributed by atoms with Crippen molar-refractivity contribution >= 4 is 28.9 Å². The molecular weight excluding hydrogens is 367 g/mol. The van der Waals surface area contributed by atoms with Crippen LogP contribution in [0.25, 0.3) is 0 Å². The number of esters is 1. The Hall–Kier alpha value is -3.06. The predicted molar refractivity (Wildman–Crippen MR) is 101 cm³/mol. The summed E-state index contributed by atoms with van der Waals surface area (Å²) in [5.41, 5.74) is 2.68. The molecule has 1 aromatic heterocycles. The lowest BCUT2D eigenvalue weighted by molar-refractivity contribution is -0.115. The normalized spacial score (nSPS) is 10.4. The molecule has 138 valence electrons. The maximum absolute atomic E-state index is 12.9. The van der Waals surface area contributed by atoms with Gasteiger partial charge >= 0.3 is 5.97 Å². The Morgan fingerprint density at radius 3 is 2.52 bits per heavy atom. The van der Waals surface area contributed by atoms with E-state index < -0.39 is 11.8 Å². The van der Waals surface area contributed by atoms with Gasteiger partial charge in [-0.05, 0) is 43.3 Å². The first-order valence-electron chi connectivity index (χ1n) is 8.22. The van der Waals surface area contributed by atoms with E-state index in [0.717, 1.165) is 11.3 Å². The van der Waals surface area contributed by atoms with E-state index in [1.807, 2.05) is 31.2 Å². The Bertz CT molecular complexity index is 937. The molecule has 0 aliphatic heterocycles. The monoisotopic (exact) mass is 384 g/mol. The number of carbonyl (C=O) groups excluding carboxylic acids is 2. The second-order valence-electron chi connectivity index (χ2n) is 5.91. The number of halogens is 1. The summed E-state index contributed by atoms with van der Waals surface area (Å²) in [5.74, 6) is -1.13.